The summed E-state index contributed by atoms with van der Waals surface area (Å²) >= 11 is 0. The molecule has 0 spiro atoms. The number of piperidine rings is 1. The summed E-state index contributed by atoms with van der Waals surface area (Å²) in [6.45, 7) is 2.93. The number of hydrogen-bond acceptors (Lipinski definition) is 3. The van der Waals surface area contributed by atoms with E-state index in [9.17, 15) is 9.90 Å². The minimum atomic E-state index is -0.224. The van der Waals surface area contributed by atoms with Crippen LogP contribution in [0.15, 0.2) is 0 Å². The molecule has 4 heteroatoms. The van der Waals surface area contributed by atoms with Crippen molar-refractivity contribution in [1.29, 1.82) is 0 Å². The Morgan fingerprint density at radius 1 is 1.24 bits per heavy atom. The average molecular weight is 240 g/mol. The molecule has 1 saturated heterocycles. The number of carbonyl (C=O) groups excluding carboxylic acids is 1. The lowest BCUT2D eigenvalue weighted by molar-refractivity contribution is -0.125. The Hall–Kier alpha value is -0.610. The molecular weight excluding hydrogens is 216 g/mol. The van der Waals surface area contributed by atoms with Crippen LogP contribution in [-0.2, 0) is 4.79 Å². The van der Waals surface area contributed by atoms with Crippen LogP contribution in [0.3, 0.4) is 0 Å². The predicted octanol–water partition coefficient (Wildman–Crippen LogP) is 0.876. The molecular formula is C13H24N2O2. The van der Waals surface area contributed by atoms with E-state index in [4.69, 9.17) is 5.73 Å². The van der Waals surface area contributed by atoms with Crippen molar-refractivity contribution in [2.24, 2.45) is 11.7 Å². The molecule has 4 atom stereocenters. The fraction of sp³-hybridized carbons (Fsp3) is 0.923. The summed E-state index contributed by atoms with van der Waals surface area (Å²) in [6.07, 6.45) is 5.95. The van der Waals surface area contributed by atoms with Crippen LogP contribution in [0.1, 0.15) is 45.4 Å². The van der Waals surface area contributed by atoms with Crippen molar-refractivity contribution in [1.82, 2.24) is 4.90 Å². The maximum absolute atomic E-state index is 11.3. The number of nitrogens with two attached hydrogens (primary N) is 1. The Kier molecular flexibility index (Phi) is 4.05. The molecule has 2 fully saturated rings. The molecule has 1 aliphatic carbocycles. The molecule has 0 radical (unpaired) electrons. The number of nitrogens with zero attached hydrogens (tertiary/aromatic N) is 1. The number of hydrogen-bond donors (Lipinski definition) is 2. The molecule has 2 unspecified atom stereocenters. The maximum Gasteiger partial charge on any atom is 0.221 e. The van der Waals surface area contributed by atoms with Gasteiger partial charge in [0.2, 0.25) is 5.91 Å². The van der Waals surface area contributed by atoms with Gasteiger partial charge in [0.25, 0.3) is 0 Å². The second-order valence-electron chi connectivity index (χ2n) is 5.64. The van der Waals surface area contributed by atoms with Gasteiger partial charge in [-0.15, -0.1) is 0 Å². The lowest BCUT2D eigenvalue weighted by Gasteiger charge is -2.45. The van der Waals surface area contributed by atoms with Crippen molar-refractivity contribution >= 4 is 5.91 Å². The Labute approximate surface area is 103 Å². The van der Waals surface area contributed by atoms with E-state index in [1.54, 1.807) is 0 Å². The van der Waals surface area contributed by atoms with Crippen LogP contribution < -0.4 is 5.73 Å². The predicted molar refractivity (Wildman–Crippen MR) is 66.3 cm³/mol. The summed E-state index contributed by atoms with van der Waals surface area (Å²) in [5, 5.41) is 10.1. The van der Waals surface area contributed by atoms with Gasteiger partial charge in [-0.3, -0.25) is 9.69 Å². The van der Waals surface area contributed by atoms with E-state index < -0.39 is 0 Å². The minimum absolute atomic E-state index is 0.0275. The van der Waals surface area contributed by atoms with Crippen LogP contribution in [0.25, 0.3) is 0 Å². The number of rotatable bonds is 2. The summed E-state index contributed by atoms with van der Waals surface area (Å²) in [7, 11) is 0. The zero-order chi connectivity index (χ0) is 12.4. The smallest absolute Gasteiger partial charge is 0.221 e. The van der Waals surface area contributed by atoms with Gasteiger partial charge < -0.3 is 10.8 Å². The van der Waals surface area contributed by atoms with Crippen LogP contribution in [0.4, 0.5) is 0 Å². The molecule has 0 bridgehead atoms. The lowest BCUT2D eigenvalue weighted by atomic mass is 9.85. The zero-order valence-electron chi connectivity index (χ0n) is 10.6. The Morgan fingerprint density at radius 3 is 2.59 bits per heavy atom. The topological polar surface area (TPSA) is 66.6 Å². The van der Waals surface area contributed by atoms with Gasteiger partial charge in [-0.2, -0.15) is 0 Å². The Bertz CT molecular complexity index is 283. The fourth-order valence-corrected chi connectivity index (χ4v) is 3.31. The third-order valence-electron chi connectivity index (χ3n) is 4.45. The molecule has 1 heterocycles. The quantitative estimate of drug-likeness (QED) is 0.753. The first-order chi connectivity index (χ1) is 8.09. The summed E-state index contributed by atoms with van der Waals surface area (Å²) < 4.78 is 0. The molecule has 0 aromatic rings. The Morgan fingerprint density at radius 2 is 1.94 bits per heavy atom. The van der Waals surface area contributed by atoms with Crippen molar-refractivity contribution in [3.8, 4) is 0 Å². The minimum Gasteiger partial charge on any atom is -0.391 e. The fourth-order valence-electron chi connectivity index (χ4n) is 3.31. The first-order valence-corrected chi connectivity index (χ1v) is 6.82. The van der Waals surface area contributed by atoms with E-state index in [1.165, 1.54) is 6.42 Å². The normalized spacial score (nSPS) is 40.1. The van der Waals surface area contributed by atoms with E-state index >= 15 is 0 Å². The second-order valence-corrected chi connectivity index (χ2v) is 5.64. The largest absolute Gasteiger partial charge is 0.391 e. The molecule has 98 valence electrons. The third-order valence-corrected chi connectivity index (χ3v) is 4.45. The van der Waals surface area contributed by atoms with Gasteiger partial charge in [0.1, 0.15) is 0 Å². The van der Waals surface area contributed by atoms with Crippen molar-refractivity contribution in [3.05, 3.63) is 0 Å². The third kappa shape index (κ3) is 2.80. The van der Waals surface area contributed by atoms with Crippen LogP contribution in [-0.4, -0.2) is 40.6 Å². The average Bonchev–Trinajstić information content (AvgIpc) is 2.30. The van der Waals surface area contributed by atoms with Crippen LogP contribution in [0.5, 0.6) is 0 Å². The highest BCUT2D eigenvalue weighted by Gasteiger charge is 2.36. The molecule has 4 nitrogen and oxygen atoms in total. The second kappa shape index (κ2) is 5.36. The van der Waals surface area contributed by atoms with Gasteiger partial charge in [0, 0.05) is 18.6 Å². The SMILES string of the molecule is CC1CCC(C(N)=O)CN1[C@@H]1CCCC[C@H]1O. The molecule has 17 heavy (non-hydrogen) atoms. The number of aliphatic hydroxyl groups is 1. The molecule has 3 N–H and O–H groups in total. The molecule has 1 saturated carbocycles. The monoisotopic (exact) mass is 240 g/mol. The summed E-state index contributed by atoms with van der Waals surface area (Å²) in [4.78, 5) is 13.6. The van der Waals surface area contributed by atoms with E-state index in [0.29, 0.717) is 6.04 Å². The highest BCUT2D eigenvalue weighted by Crippen LogP contribution is 2.30. The summed E-state index contributed by atoms with van der Waals surface area (Å²) in [5.41, 5.74) is 5.41. The highest BCUT2D eigenvalue weighted by molar-refractivity contribution is 5.77. The van der Waals surface area contributed by atoms with Crippen molar-refractivity contribution in [2.45, 2.75) is 63.6 Å². The molecule has 1 amide bonds. The summed E-state index contributed by atoms with van der Waals surface area (Å²) in [5.74, 6) is -0.215. The molecule has 2 aliphatic rings. The number of amides is 1. The van der Waals surface area contributed by atoms with Gasteiger partial charge in [-0.1, -0.05) is 12.8 Å². The van der Waals surface area contributed by atoms with Crippen LogP contribution in [0, 0.1) is 5.92 Å². The standard InChI is InChI=1S/C13H24N2O2/c1-9-6-7-10(13(14)17)8-15(9)11-4-2-3-5-12(11)16/h9-12,16H,2-8H2,1H3,(H2,14,17)/t9?,10?,11-,12-/m1/s1. The maximum atomic E-state index is 11.3. The van der Waals surface area contributed by atoms with Gasteiger partial charge >= 0.3 is 0 Å². The number of aliphatic hydroxyl groups excluding tert-OH is 1. The number of primary amides is 1. The van der Waals surface area contributed by atoms with Crippen LogP contribution in [0.2, 0.25) is 0 Å². The number of likely N-dealkylation sites (tertiary alicyclic amines) is 1. The molecule has 2 rings (SSSR count). The van der Waals surface area contributed by atoms with E-state index in [1.807, 2.05) is 0 Å². The molecule has 0 aromatic heterocycles. The van der Waals surface area contributed by atoms with E-state index in [2.05, 4.69) is 11.8 Å². The molecule has 0 aromatic carbocycles. The van der Waals surface area contributed by atoms with Crippen molar-refractivity contribution in [3.63, 3.8) is 0 Å². The molecule has 1 aliphatic heterocycles. The van der Waals surface area contributed by atoms with E-state index in [-0.39, 0.29) is 24.0 Å². The lowest BCUT2D eigenvalue weighted by Crippen LogP contribution is -2.55. The number of carbonyl (C=O) groups is 1. The Balaban J connectivity index is 2.03. The first-order valence-electron chi connectivity index (χ1n) is 6.82. The zero-order valence-corrected chi connectivity index (χ0v) is 10.6. The van der Waals surface area contributed by atoms with Gasteiger partial charge in [0.15, 0.2) is 0 Å². The van der Waals surface area contributed by atoms with Crippen molar-refractivity contribution in [2.75, 3.05) is 6.54 Å². The van der Waals surface area contributed by atoms with Gasteiger partial charge in [-0.05, 0) is 32.6 Å². The highest BCUT2D eigenvalue weighted by atomic mass is 16.3. The van der Waals surface area contributed by atoms with Gasteiger partial charge in [-0.25, -0.2) is 0 Å². The van der Waals surface area contributed by atoms with Gasteiger partial charge in [0.05, 0.1) is 12.0 Å². The van der Waals surface area contributed by atoms with Crippen molar-refractivity contribution < 1.29 is 9.90 Å². The summed E-state index contributed by atoms with van der Waals surface area (Å²) in [6, 6.07) is 0.698. The van der Waals surface area contributed by atoms with Crippen LogP contribution >= 0.6 is 0 Å². The van der Waals surface area contributed by atoms with E-state index in [0.717, 1.165) is 38.6 Å². The first kappa shape index (κ1) is 12.8.